The third-order valence-electron chi connectivity index (χ3n) is 4.51. The number of amides is 1. The normalized spacial score (nSPS) is 11.4. The largest absolute Gasteiger partial charge is 0.354 e. The summed E-state index contributed by atoms with van der Waals surface area (Å²) in [5.41, 5.74) is -0.345. The molecule has 0 heterocycles. The van der Waals surface area contributed by atoms with Crippen molar-refractivity contribution < 1.29 is 4.79 Å². The summed E-state index contributed by atoms with van der Waals surface area (Å²) in [4.78, 5) is 22.0. The predicted octanol–water partition coefficient (Wildman–Crippen LogP) is 5.60. The number of nitrogens with one attached hydrogen (secondary N) is 1. The Hall–Kier alpha value is -0.930. The second kappa shape index (κ2) is 14.6. The number of hydrogen-bond acceptors (Lipinski definition) is 3. The van der Waals surface area contributed by atoms with Crippen LogP contribution >= 0.6 is 0 Å². The molecule has 23 heavy (non-hydrogen) atoms. The number of hydrogen-bond donors (Lipinski definition) is 1. The van der Waals surface area contributed by atoms with Crippen LogP contribution in [0.25, 0.3) is 0 Å². The highest BCUT2D eigenvalue weighted by Crippen LogP contribution is 2.24. The summed E-state index contributed by atoms with van der Waals surface area (Å²) in [6, 6.07) is 0. The molecule has 0 saturated carbocycles. The van der Waals surface area contributed by atoms with Crippen LogP contribution in [0.4, 0.5) is 0 Å². The van der Waals surface area contributed by atoms with Crippen LogP contribution in [-0.2, 0) is 4.79 Å². The molecule has 0 aromatic rings. The van der Waals surface area contributed by atoms with Gasteiger partial charge in [-0.2, -0.15) is 4.91 Å². The van der Waals surface area contributed by atoms with Crippen molar-refractivity contribution in [2.75, 3.05) is 13.1 Å². The van der Waals surface area contributed by atoms with Crippen molar-refractivity contribution in [2.24, 2.45) is 10.6 Å². The summed E-state index contributed by atoms with van der Waals surface area (Å²) in [5.74, 6) is 0.0354. The van der Waals surface area contributed by atoms with Gasteiger partial charge in [0.05, 0.1) is 6.54 Å². The summed E-state index contributed by atoms with van der Waals surface area (Å²) in [6.45, 7) is 6.72. The van der Waals surface area contributed by atoms with E-state index in [1.807, 2.05) is 13.8 Å². The van der Waals surface area contributed by atoms with Crippen molar-refractivity contribution >= 4 is 5.91 Å². The smallest absolute Gasteiger partial charge is 0.225 e. The Morgan fingerprint density at radius 2 is 1.35 bits per heavy atom. The fourth-order valence-corrected chi connectivity index (χ4v) is 2.80. The predicted molar refractivity (Wildman–Crippen MR) is 98.5 cm³/mol. The van der Waals surface area contributed by atoms with Crippen LogP contribution in [0.2, 0.25) is 0 Å². The molecule has 4 nitrogen and oxygen atoms in total. The first-order chi connectivity index (χ1) is 11.0. The van der Waals surface area contributed by atoms with Crippen LogP contribution in [0, 0.1) is 10.3 Å². The summed E-state index contributed by atoms with van der Waals surface area (Å²) in [7, 11) is 0. The molecule has 0 saturated heterocycles. The third kappa shape index (κ3) is 13.2. The zero-order chi connectivity index (χ0) is 17.4. The van der Waals surface area contributed by atoms with Gasteiger partial charge in [-0.25, -0.2) is 0 Å². The Bertz CT molecular complexity index is 304. The van der Waals surface area contributed by atoms with Crippen molar-refractivity contribution in [2.45, 2.75) is 97.8 Å². The molecular formula is C19H38N2O2. The number of carbonyl (C=O) groups is 1. The first kappa shape index (κ1) is 22.1. The van der Waals surface area contributed by atoms with E-state index in [9.17, 15) is 9.70 Å². The van der Waals surface area contributed by atoms with Gasteiger partial charge < -0.3 is 5.32 Å². The Balaban J connectivity index is 3.48. The van der Waals surface area contributed by atoms with Gasteiger partial charge in [-0.05, 0) is 6.42 Å². The van der Waals surface area contributed by atoms with E-state index in [2.05, 4.69) is 17.4 Å². The van der Waals surface area contributed by atoms with Gasteiger partial charge in [0.15, 0.2) is 0 Å². The van der Waals surface area contributed by atoms with Gasteiger partial charge in [0.1, 0.15) is 0 Å². The SMILES string of the molecule is CCCCCCCCCCCCCC(C)(C)C(=O)NCCN=O. The van der Waals surface area contributed by atoms with E-state index in [4.69, 9.17) is 0 Å². The maximum atomic E-state index is 12.0. The first-order valence-corrected chi connectivity index (χ1v) is 9.62. The van der Waals surface area contributed by atoms with E-state index in [-0.39, 0.29) is 17.9 Å². The van der Waals surface area contributed by atoms with Gasteiger partial charge in [-0.3, -0.25) is 4.79 Å². The van der Waals surface area contributed by atoms with E-state index < -0.39 is 0 Å². The molecule has 0 aliphatic rings. The molecule has 0 atom stereocenters. The van der Waals surface area contributed by atoms with E-state index in [1.54, 1.807) is 0 Å². The average molecular weight is 327 g/mol. The van der Waals surface area contributed by atoms with Gasteiger partial charge in [-0.1, -0.05) is 96.6 Å². The van der Waals surface area contributed by atoms with E-state index in [1.165, 1.54) is 64.2 Å². The lowest BCUT2D eigenvalue weighted by Crippen LogP contribution is -2.38. The lowest BCUT2D eigenvalue weighted by atomic mass is 9.85. The van der Waals surface area contributed by atoms with E-state index in [0.717, 1.165) is 12.8 Å². The number of unbranched alkanes of at least 4 members (excludes halogenated alkanes) is 10. The fourth-order valence-electron chi connectivity index (χ4n) is 2.80. The van der Waals surface area contributed by atoms with Crippen LogP contribution in [0.5, 0.6) is 0 Å². The van der Waals surface area contributed by atoms with Crippen LogP contribution in [0.1, 0.15) is 97.8 Å². The van der Waals surface area contributed by atoms with Gasteiger partial charge in [0.2, 0.25) is 5.91 Å². The summed E-state index contributed by atoms with van der Waals surface area (Å²) in [5, 5.41) is 5.54. The number of rotatable bonds is 16. The van der Waals surface area contributed by atoms with Gasteiger partial charge >= 0.3 is 0 Å². The number of carbonyl (C=O) groups excluding carboxylic acids is 1. The molecule has 4 heteroatoms. The summed E-state index contributed by atoms with van der Waals surface area (Å²) in [6.07, 6.45) is 15.5. The Kier molecular flexibility index (Phi) is 14.1. The Morgan fingerprint density at radius 1 is 0.870 bits per heavy atom. The second-order valence-corrected chi connectivity index (χ2v) is 7.28. The second-order valence-electron chi connectivity index (χ2n) is 7.28. The minimum Gasteiger partial charge on any atom is -0.354 e. The molecule has 1 N–H and O–H groups in total. The Labute approximate surface area is 143 Å². The molecule has 0 aromatic carbocycles. The molecule has 136 valence electrons. The minimum atomic E-state index is -0.345. The zero-order valence-corrected chi connectivity index (χ0v) is 15.7. The molecule has 0 radical (unpaired) electrons. The molecule has 1 amide bonds. The van der Waals surface area contributed by atoms with Gasteiger partial charge in [0.25, 0.3) is 0 Å². The molecule has 0 unspecified atom stereocenters. The van der Waals surface area contributed by atoms with Gasteiger partial charge in [0, 0.05) is 12.0 Å². The third-order valence-corrected chi connectivity index (χ3v) is 4.51. The molecular weight excluding hydrogens is 288 g/mol. The monoisotopic (exact) mass is 326 g/mol. The zero-order valence-electron chi connectivity index (χ0n) is 15.7. The molecule has 0 aliphatic heterocycles. The standard InChI is InChI=1S/C19H38N2O2/c1-4-5-6-7-8-9-10-11-12-13-14-15-19(2,3)18(22)20-16-17-21-23/h4-17H2,1-3H3,(H,20,22). The average Bonchev–Trinajstić information content (AvgIpc) is 2.52. The first-order valence-electron chi connectivity index (χ1n) is 9.62. The molecule has 0 aromatic heterocycles. The maximum absolute atomic E-state index is 12.0. The number of nitroso groups, excluding NO2 is 1. The van der Waals surface area contributed by atoms with Crippen molar-refractivity contribution in [1.82, 2.24) is 5.32 Å². The van der Waals surface area contributed by atoms with Crippen LogP contribution < -0.4 is 5.32 Å². The van der Waals surface area contributed by atoms with E-state index >= 15 is 0 Å². The topological polar surface area (TPSA) is 58.5 Å². The van der Waals surface area contributed by atoms with Crippen molar-refractivity contribution in [3.8, 4) is 0 Å². The quantitative estimate of drug-likeness (QED) is 0.296. The molecule has 0 spiro atoms. The lowest BCUT2D eigenvalue weighted by Gasteiger charge is -2.23. The van der Waals surface area contributed by atoms with Crippen molar-refractivity contribution in [3.05, 3.63) is 4.91 Å². The molecule has 0 fully saturated rings. The highest BCUT2D eigenvalue weighted by atomic mass is 16.3. The fraction of sp³-hybridized carbons (Fsp3) is 0.947. The minimum absolute atomic E-state index is 0.0354. The van der Waals surface area contributed by atoms with Crippen LogP contribution in [0.15, 0.2) is 5.18 Å². The van der Waals surface area contributed by atoms with Crippen LogP contribution in [-0.4, -0.2) is 19.0 Å². The summed E-state index contributed by atoms with van der Waals surface area (Å²) >= 11 is 0. The molecule has 0 bridgehead atoms. The van der Waals surface area contributed by atoms with Gasteiger partial charge in [-0.15, -0.1) is 0 Å². The molecule has 0 rings (SSSR count). The van der Waals surface area contributed by atoms with Crippen LogP contribution in [0.3, 0.4) is 0 Å². The number of nitrogens with zero attached hydrogens (tertiary/aromatic N) is 1. The highest BCUT2D eigenvalue weighted by molar-refractivity contribution is 5.81. The Morgan fingerprint density at radius 3 is 1.83 bits per heavy atom. The van der Waals surface area contributed by atoms with Crippen molar-refractivity contribution in [1.29, 1.82) is 0 Å². The van der Waals surface area contributed by atoms with E-state index in [0.29, 0.717) is 6.54 Å². The highest BCUT2D eigenvalue weighted by Gasteiger charge is 2.26. The lowest BCUT2D eigenvalue weighted by molar-refractivity contribution is -0.129. The van der Waals surface area contributed by atoms with Crippen molar-refractivity contribution in [3.63, 3.8) is 0 Å². The maximum Gasteiger partial charge on any atom is 0.225 e. The molecule has 0 aliphatic carbocycles. The summed E-state index contributed by atoms with van der Waals surface area (Å²) < 4.78 is 0.